The quantitative estimate of drug-likeness (QED) is 0.0898. The third kappa shape index (κ3) is 12.4. The lowest BCUT2D eigenvalue weighted by molar-refractivity contribution is 0.209. The molecule has 1 aliphatic carbocycles. The Morgan fingerprint density at radius 2 is 0.600 bits per heavy atom. The van der Waals surface area contributed by atoms with E-state index in [0.717, 1.165) is 85.8 Å². The minimum atomic E-state index is 0.652. The lowest BCUT2D eigenvalue weighted by Gasteiger charge is -2.27. The summed E-state index contributed by atoms with van der Waals surface area (Å²) in [5.74, 6) is 1.58. The van der Waals surface area contributed by atoms with Gasteiger partial charge in [0.1, 0.15) is 5.75 Å². The third-order valence-electron chi connectivity index (χ3n) is 14.9. The van der Waals surface area contributed by atoms with E-state index >= 15 is 0 Å². The van der Waals surface area contributed by atoms with Gasteiger partial charge in [0.2, 0.25) is 0 Å². The van der Waals surface area contributed by atoms with E-state index in [0.29, 0.717) is 5.92 Å². The van der Waals surface area contributed by atoms with Gasteiger partial charge in [-0.1, -0.05) is 140 Å². The summed E-state index contributed by atoms with van der Waals surface area (Å²) in [7, 11) is 0. The van der Waals surface area contributed by atoms with Crippen LogP contribution in [0.3, 0.4) is 0 Å². The molecule has 0 radical (unpaired) electrons. The molecule has 4 heteroatoms. The average Bonchev–Trinajstić information content (AvgIpc) is 3.44. The predicted octanol–water partition coefficient (Wildman–Crippen LogP) is 20.2. The fourth-order valence-corrected chi connectivity index (χ4v) is 10.0. The zero-order valence-electron chi connectivity index (χ0n) is 44.5. The molecule has 75 heavy (non-hydrogen) atoms. The van der Waals surface area contributed by atoms with Crippen LogP contribution >= 0.6 is 0 Å². The molecule has 0 N–H and O–H groups in total. The second kappa shape index (κ2) is 23.3. The number of benzene rings is 9. The Kier molecular flexibility index (Phi) is 15.6. The highest BCUT2D eigenvalue weighted by atomic mass is 16.5. The molecule has 1 fully saturated rings. The summed E-state index contributed by atoms with van der Waals surface area (Å²) in [6, 6.07) is 74.9. The van der Waals surface area contributed by atoms with Crippen molar-refractivity contribution < 1.29 is 4.74 Å². The van der Waals surface area contributed by atoms with Crippen LogP contribution in [-0.2, 0) is 0 Å². The van der Waals surface area contributed by atoms with Gasteiger partial charge in [0.15, 0.2) is 0 Å². The maximum Gasteiger partial charge on any atom is 0.119 e. The van der Waals surface area contributed by atoms with Gasteiger partial charge in [-0.25, -0.2) is 0 Å². The first-order chi connectivity index (χ1) is 36.6. The summed E-state index contributed by atoms with van der Waals surface area (Å²) in [6.45, 7) is 13.8. The van der Waals surface area contributed by atoms with Crippen molar-refractivity contribution in [3.63, 3.8) is 0 Å². The van der Waals surface area contributed by atoms with Crippen LogP contribution in [0.15, 0.2) is 206 Å². The lowest BCUT2D eigenvalue weighted by atomic mass is 9.90. The Morgan fingerprint density at radius 1 is 0.320 bits per heavy atom. The van der Waals surface area contributed by atoms with Crippen molar-refractivity contribution in [3.05, 3.63) is 262 Å². The molecule has 0 unspecified atom stereocenters. The number of anilines is 9. The molecule has 9 aromatic carbocycles. The number of aryl methyl sites for hydroxylation is 6. The van der Waals surface area contributed by atoms with Crippen molar-refractivity contribution in [2.45, 2.75) is 73.6 Å². The van der Waals surface area contributed by atoms with Crippen LogP contribution in [0, 0.1) is 47.5 Å². The van der Waals surface area contributed by atoms with Crippen LogP contribution in [0.2, 0.25) is 0 Å². The smallest absolute Gasteiger partial charge is 0.119 e. The van der Waals surface area contributed by atoms with Gasteiger partial charge in [0.05, 0.1) is 6.61 Å². The molecule has 0 saturated heterocycles. The molecule has 1 aliphatic rings. The topological polar surface area (TPSA) is 19.0 Å². The van der Waals surface area contributed by atoms with Gasteiger partial charge in [0.25, 0.3) is 0 Å². The zero-order chi connectivity index (χ0) is 51.7. The maximum atomic E-state index is 6.35. The van der Waals surface area contributed by atoms with Crippen LogP contribution in [0.25, 0.3) is 24.3 Å². The average molecular weight is 980 g/mol. The molecule has 0 aliphatic heterocycles. The van der Waals surface area contributed by atoms with Gasteiger partial charge in [0, 0.05) is 51.2 Å². The number of ether oxygens (including phenoxy) is 1. The summed E-state index contributed by atoms with van der Waals surface area (Å²) < 4.78 is 6.35. The van der Waals surface area contributed by atoms with Gasteiger partial charge >= 0.3 is 0 Å². The predicted molar refractivity (Wildman–Crippen MR) is 322 cm³/mol. The van der Waals surface area contributed by atoms with Crippen molar-refractivity contribution in [2.24, 2.45) is 5.92 Å². The van der Waals surface area contributed by atoms with E-state index in [4.69, 9.17) is 4.74 Å². The minimum Gasteiger partial charge on any atom is -0.493 e. The van der Waals surface area contributed by atoms with Crippen LogP contribution in [0.4, 0.5) is 51.2 Å². The Labute approximate surface area is 446 Å². The van der Waals surface area contributed by atoms with E-state index in [1.807, 2.05) is 0 Å². The first-order valence-electron chi connectivity index (χ1n) is 26.8. The van der Waals surface area contributed by atoms with Crippen LogP contribution in [0.1, 0.15) is 87.7 Å². The van der Waals surface area contributed by atoms with Gasteiger partial charge < -0.3 is 19.4 Å². The maximum absolute atomic E-state index is 6.35. The number of rotatable bonds is 16. The molecule has 10 rings (SSSR count). The van der Waals surface area contributed by atoms with E-state index in [1.165, 1.54) is 65.5 Å². The molecule has 0 aromatic heterocycles. The van der Waals surface area contributed by atoms with E-state index in [2.05, 4.69) is 287 Å². The van der Waals surface area contributed by atoms with Crippen molar-refractivity contribution in [1.29, 1.82) is 0 Å². The summed E-state index contributed by atoms with van der Waals surface area (Å²) in [6.07, 6.45) is 15.3. The highest BCUT2D eigenvalue weighted by Gasteiger charge is 2.18. The molecule has 1 saturated carbocycles. The summed E-state index contributed by atoms with van der Waals surface area (Å²) >= 11 is 0. The zero-order valence-corrected chi connectivity index (χ0v) is 44.5. The fraction of sp³-hybridized carbons (Fsp3) is 0.183. The number of hydrogen-bond acceptors (Lipinski definition) is 4. The summed E-state index contributed by atoms with van der Waals surface area (Å²) in [4.78, 5) is 6.99. The fourth-order valence-electron chi connectivity index (χ4n) is 10.0. The molecule has 0 bridgehead atoms. The van der Waals surface area contributed by atoms with Crippen molar-refractivity contribution in [2.75, 3.05) is 21.3 Å². The molecule has 374 valence electrons. The van der Waals surface area contributed by atoms with Gasteiger partial charge in [-0.15, -0.1) is 0 Å². The lowest BCUT2D eigenvalue weighted by Crippen LogP contribution is -2.15. The van der Waals surface area contributed by atoms with E-state index < -0.39 is 0 Å². The molecule has 0 spiro atoms. The Bertz CT molecular complexity index is 3270. The molecule has 0 heterocycles. The first kappa shape index (κ1) is 50.2. The Balaban J connectivity index is 0.871. The summed E-state index contributed by atoms with van der Waals surface area (Å²) in [5.41, 5.74) is 22.3. The van der Waals surface area contributed by atoms with Crippen LogP contribution in [-0.4, -0.2) is 6.61 Å². The number of nitrogens with zero attached hydrogens (tertiary/aromatic N) is 3. The van der Waals surface area contributed by atoms with Crippen molar-refractivity contribution in [3.8, 4) is 5.75 Å². The van der Waals surface area contributed by atoms with E-state index in [-0.39, 0.29) is 0 Å². The van der Waals surface area contributed by atoms with Crippen molar-refractivity contribution >= 4 is 75.5 Å². The monoisotopic (exact) mass is 980 g/mol. The SMILES string of the molecule is Cc1ccc(N(c2ccc(C)cc2)c2ccc(/C=C/c3ccc(N(c4ccc(/C=C/c5ccc(N(c6ccc(C)c(C)c6)c6ccc(C)c(C)c6)cc5)cc4)c4ccc(OCC5CCCCC5)cc4)cc3)cc2)cc1. The van der Waals surface area contributed by atoms with Crippen molar-refractivity contribution in [1.82, 2.24) is 0 Å². The molecular formula is C71H69N3O. The Hall–Kier alpha value is -8.34. The van der Waals surface area contributed by atoms with Gasteiger partial charge in [-0.3, -0.25) is 0 Å². The molecule has 0 atom stereocenters. The highest BCUT2D eigenvalue weighted by molar-refractivity contribution is 5.83. The minimum absolute atomic E-state index is 0.652. The standard InChI is InChI=1S/C71H69N3O/c1-51-12-30-62(31-13-51)72(63-32-14-52(2)15-33-63)64-36-22-57(23-37-64)18-19-58-24-38-65(39-25-58)73(68-44-46-71(47-45-68)75-50-61-10-8-7-9-11-61)66-40-26-59(27-41-66)20-21-60-28-42-67(43-29-60)74(69-34-16-53(3)55(5)48-69)70-35-17-54(4)56(6)49-70/h12-49,61H,7-11,50H2,1-6H3/b19-18+,21-20+. The largest absolute Gasteiger partial charge is 0.493 e. The molecule has 9 aromatic rings. The third-order valence-corrected chi connectivity index (χ3v) is 14.9. The van der Waals surface area contributed by atoms with E-state index in [1.54, 1.807) is 0 Å². The normalized spacial score (nSPS) is 12.8. The van der Waals surface area contributed by atoms with E-state index in [9.17, 15) is 0 Å². The molecular weight excluding hydrogens is 911 g/mol. The number of hydrogen-bond donors (Lipinski definition) is 0. The van der Waals surface area contributed by atoms with Gasteiger partial charge in [-0.05, 0) is 226 Å². The summed E-state index contributed by atoms with van der Waals surface area (Å²) in [5, 5.41) is 0. The first-order valence-corrected chi connectivity index (χ1v) is 26.8. The van der Waals surface area contributed by atoms with Gasteiger partial charge in [-0.2, -0.15) is 0 Å². The molecule has 0 amide bonds. The highest BCUT2D eigenvalue weighted by Crippen LogP contribution is 2.39. The van der Waals surface area contributed by atoms with Crippen LogP contribution < -0.4 is 19.4 Å². The van der Waals surface area contributed by atoms with Crippen LogP contribution in [0.5, 0.6) is 5.75 Å². The second-order valence-corrected chi connectivity index (χ2v) is 20.6. The Morgan fingerprint density at radius 3 is 0.920 bits per heavy atom. The second-order valence-electron chi connectivity index (χ2n) is 20.6. The molecule has 4 nitrogen and oxygen atoms in total.